The number of aromatic nitrogens is 2. The number of anilines is 1. The van der Waals surface area contributed by atoms with E-state index in [1.54, 1.807) is 9.80 Å². The highest BCUT2D eigenvalue weighted by molar-refractivity contribution is 6.34. The molecule has 0 unspecified atom stereocenters. The first-order valence-corrected chi connectivity index (χ1v) is 12.6. The van der Waals surface area contributed by atoms with Crippen molar-refractivity contribution in [2.24, 2.45) is 7.05 Å². The van der Waals surface area contributed by atoms with Gasteiger partial charge in [-0.05, 0) is 30.3 Å². The van der Waals surface area contributed by atoms with Gasteiger partial charge in [-0.15, -0.1) is 0 Å². The van der Waals surface area contributed by atoms with E-state index in [0.717, 1.165) is 0 Å². The largest absolute Gasteiger partial charge is 0.494 e. The predicted octanol–water partition coefficient (Wildman–Crippen LogP) is 3.87. The number of methoxy groups -OCH3 is 1. The number of rotatable bonds is 7. The van der Waals surface area contributed by atoms with Gasteiger partial charge in [-0.2, -0.15) is 9.65 Å². The van der Waals surface area contributed by atoms with Gasteiger partial charge >= 0.3 is 0 Å². The lowest BCUT2D eigenvalue weighted by Crippen LogP contribution is -2.50. The molecule has 1 aliphatic heterocycles. The second-order valence-electron chi connectivity index (χ2n) is 8.95. The second kappa shape index (κ2) is 12.1. The molecule has 0 radical (unpaired) electrons. The van der Waals surface area contributed by atoms with E-state index in [4.69, 9.17) is 21.6 Å². The Bertz CT molecular complexity index is 1510. The molecule has 1 N–H and O–H groups in total. The standard InChI is InChI=1S/C27H25ClF2N6O4/c1-34-20(18-7-8-21(40-2)24(30)23(18)29)15-32-25(34)26(38)33-16-5-6-17(19(28)14-16)27(39)36-12-10-35(11-13-36)22(37)4-3-9-31/h5-8,14-15H,3-4,10-13H2,1-2H3,(H,33,38). The van der Waals surface area contributed by atoms with Crippen molar-refractivity contribution in [1.82, 2.24) is 19.4 Å². The van der Waals surface area contributed by atoms with Crippen LogP contribution in [0.4, 0.5) is 14.5 Å². The van der Waals surface area contributed by atoms with E-state index in [-0.39, 0.29) is 58.1 Å². The van der Waals surface area contributed by atoms with Crippen LogP contribution in [0.3, 0.4) is 0 Å². The molecule has 3 amide bonds. The molecule has 2 aromatic carbocycles. The molecular weight excluding hydrogens is 546 g/mol. The summed E-state index contributed by atoms with van der Waals surface area (Å²) in [6.07, 6.45) is 1.56. The van der Waals surface area contributed by atoms with Crippen LogP contribution in [0.5, 0.6) is 5.75 Å². The van der Waals surface area contributed by atoms with Crippen LogP contribution in [0, 0.1) is 23.0 Å². The summed E-state index contributed by atoms with van der Waals surface area (Å²) in [6, 6.07) is 8.99. The number of amides is 3. The summed E-state index contributed by atoms with van der Waals surface area (Å²) in [5.74, 6) is -3.65. The summed E-state index contributed by atoms with van der Waals surface area (Å²) in [5.41, 5.74) is 0.617. The van der Waals surface area contributed by atoms with Gasteiger partial charge in [0.15, 0.2) is 17.4 Å². The van der Waals surface area contributed by atoms with E-state index < -0.39 is 17.5 Å². The normalized spacial score (nSPS) is 13.1. The van der Waals surface area contributed by atoms with E-state index >= 15 is 0 Å². The quantitative estimate of drug-likeness (QED) is 0.460. The Kier molecular flexibility index (Phi) is 8.64. The summed E-state index contributed by atoms with van der Waals surface area (Å²) in [7, 11) is 2.72. The number of nitrogens with zero attached hydrogens (tertiary/aromatic N) is 5. The molecule has 0 bridgehead atoms. The molecule has 1 aromatic heterocycles. The summed E-state index contributed by atoms with van der Waals surface area (Å²) in [4.78, 5) is 45.3. The van der Waals surface area contributed by atoms with Crippen molar-refractivity contribution in [3.05, 3.63) is 64.6 Å². The van der Waals surface area contributed by atoms with Crippen molar-refractivity contribution in [1.29, 1.82) is 5.26 Å². The maximum atomic E-state index is 14.6. The van der Waals surface area contributed by atoms with Gasteiger partial charge in [0.25, 0.3) is 11.8 Å². The van der Waals surface area contributed by atoms with E-state index in [1.165, 1.54) is 55.3 Å². The van der Waals surface area contributed by atoms with Crippen LogP contribution in [-0.4, -0.2) is 70.4 Å². The summed E-state index contributed by atoms with van der Waals surface area (Å²) in [6.45, 7) is 1.37. The van der Waals surface area contributed by atoms with Crippen molar-refractivity contribution >= 4 is 35.0 Å². The van der Waals surface area contributed by atoms with Gasteiger partial charge in [-0.3, -0.25) is 14.4 Å². The Morgan fingerprint density at radius 2 is 1.80 bits per heavy atom. The summed E-state index contributed by atoms with van der Waals surface area (Å²) < 4.78 is 34.9. The first kappa shape index (κ1) is 28.5. The van der Waals surface area contributed by atoms with Gasteiger partial charge in [-0.25, -0.2) is 9.37 Å². The Hall–Kier alpha value is -4.50. The molecule has 3 aromatic rings. The van der Waals surface area contributed by atoms with E-state index in [0.29, 0.717) is 31.9 Å². The van der Waals surface area contributed by atoms with Crippen molar-refractivity contribution in [3.63, 3.8) is 0 Å². The number of carbonyl (C=O) groups excluding carboxylic acids is 3. The SMILES string of the molecule is COc1ccc(-c2cnc(C(=O)Nc3ccc(C(=O)N4CCN(C(=O)CCC#N)CC4)c(Cl)c3)n2C)c(F)c1F. The number of halogens is 3. The molecule has 10 nitrogen and oxygen atoms in total. The van der Waals surface area contributed by atoms with Gasteiger partial charge < -0.3 is 24.4 Å². The Labute approximate surface area is 233 Å². The highest BCUT2D eigenvalue weighted by Crippen LogP contribution is 2.30. The molecule has 13 heteroatoms. The second-order valence-corrected chi connectivity index (χ2v) is 9.36. The van der Waals surface area contributed by atoms with Crippen LogP contribution in [-0.2, 0) is 11.8 Å². The molecule has 1 aliphatic rings. The number of hydrogen-bond acceptors (Lipinski definition) is 6. The van der Waals surface area contributed by atoms with Gasteiger partial charge in [0.2, 0.25) is 11.7 Å². The molecule has 1 fully saturated rings. The molecule has 0 aliphatic carbocycles. The Balaban J connectivity index is 1.43. The smallest absolute Gasteiger partial charge is 0.291 e. The number of ether oxygens (including phenoxy) is 1. The Morgan fingerprint density at radius 3 is 2.45 bits per heavy atom. The van der Waals surface area contributed by atoms with Crippen LogP contribution in [0.2, 0.25) is 5.02 Å². The van der Waals surface area contributed by atoms with Crippen LogP contribution < -0.4 is 10.1 Å². The zero-order valence-corrected chi connectivity index (χ0v) is 22.5. The lowest BCUT2D eigenvalue weighted by atomic mass is 10.1. The number of hydrogen-bond donors (Lipinski definition) is 1. The first-order chi connectivity index (χ1) is 19.2. The summed E-state index contributed by atoms with van der Waals surface area (Å²) >= 11 is 6.38. The molecule has 208 valence electrons. The molecule has 40 heavy (non-hydrogen) atoms. The third-order valence-corrected chi connectivity index (χ3v) is 6.87. The van der Waals surface area contributed by atoms with Crippen molar-refractivity contribution in [3.8, 4) is 23.1 Å². The average Bonchev–Trinajstić information content (AvgIpc) is 3.34. The maximum Gasteiger partial charge on any atom is 0.291 e. The van der Waals surface area contributed by atoms with E-state index in [2.05, 4.69) is 10.3 Å². The fourth-order valence-corrected chi connectivity index (χ4v) is 4.62. The molecule has 1 saturated heterocycles. The third-order valence-electron chi connectivity index (χ3n) is 6.56. The topological polar surface area (TPSA) is 121 Å². The third kappa shape index (κ3) is 5.74. The number of nitriles is 1. The molecule has 0 spiro atoms. The number of piperazine rings is 1. The highest BCUT2D eigenvalue weighted by atomic mass is 35.5. The fourth-order valence-electron chi connectivity index (χ4n) is 4.36. The monoisotopic (exact) mass is 570 g/mol. The van der Waals surface area contributed by atoms with Crippen LogP contribution in [0.1, 0.15) is 33.8 Å². The number of imidazole rings is 1. The first-order valence-electron chi connectivity index (χ1n) is 12.2. The van der Waals surface area contributed by atoms with Gasteiger partial charge in [0.1, 0.15) is 0 Å². The predicted molar refractivity (Wildman–Crippen MR) is 142 cm³/mol. The minimum atomic E-state index is -1.15. The van der Waals surface area contributed by atoms with Crippen molar-refractivity contribution in [2.75, 3.05) is 38.6 Å². The van der Waals surface area contributed by atoms with Gasteiger partial charge in [0, 0.05) is 57.3 Å². The number of carbonyl (C=O) groups is 3. The zero-order chi connectivity index (χ0) is 29.0. The molecular formula is C27H25ClF2N6O4. The van der Waals surface area contributed by atoms with Crippen molar-refractivity contribution in [2.45, 2.75) is 12.8 Å². The maximum absolute atomic E-state index is 14.6. The number of nitrogens with one attached hydrogen (secondary N) is 1. The van der Waals surface area contributed by atoms with Gasteiger partial charge in [0.05, 0.1) is 35.7 Å². The Morgan fingerprint density at radius 1 is 1.10 bits per heavy atom. The van der Waals surface area contributed by atoms with Crippen LogP contribution in [0.25, 0.3) is 11.3 Å². The molecule has 4 rings (SSSR count). The minimum absolute atomic E-state index is 0.0657. The van der Waals surface area contributed by atoms with Gasteiger partial charge in [-0.1, -0.05) is 11.6 Å². The zero-order valence-electron chi connectivity index (χ0n) is 21.7. The lowest BCUT2D eigenvalue weighted by molar-refractivity contribution is -0.132. The molecule has 2 heterocycles. The van der Waals surface area contributed by atoms with E-state index in [1.807, 2.05) is 6.07 Å². The molecule has 0 atom stereocenters. The average molecular weight is 571 g/mol. The number of benzene rings is 2. The highest BCUT2D eigenvalue weighted by Gasteiger charge is 2.26. The minimum Gasteiger partial charge on any atom is -0.494 e. The van der Waals surface area contributed by atoms with Crippen LogP contribution >= 0.6 is 11.6 Å². The van der Waals surface area contributed by atoms with Crippen LogP contribution in [0.15, 0.2) is 36.5 Å². The molecule has 0 saturated carbocycles. The van der Waals surface area contributed by atoms with E-state index in [9.17, 15) is 23.2 Å². The lowest BCUT2D eigenvalue weighted by Gasteiger charge is -2.35. The summed E-state index contributed by atoms with van der Waals surface area (Å²) in [5, 5.41) is 11.4. The fraction of sp³-hybridized carbons (Fsp3) is 0.296. The van der Waals surface area contributed by atoms with Crippen molar-refractivity contribution < 1.29 is 27.9 Å².